The lowest BCUT2D eigenvalue weighted by Crippen LogP contribution is -2.34. The third kappa shape index (κ3) is 0.652. The minimum absolute atomic E-state index is 0.531. The standard InChI is InChI=1S/C10H15N/c11-10-5-6-4-9(10)8-3-1-2-7(6)8/h1,3,6-10H,2,4-5,11H2. The van der Waals surface area contributed by atoms with Crippen molar-refractivity contribution in [1.82, 2.24) is 0 Å². The minimum Gasteiger partial charge on any atom is -0.327 e. The van der Waals surface area contributed by atoms with Crippen molar-refractivity contribution in [2.24, 2.45) is 29.4 Å². The van der Waals surface area contributed by atoms with Crippen LogP contribution in [0.2, 0.25) is 0 Å². The summed E-state index contributed by atoms with van der Waals surface area (Å²) < 4.78 is 0. The molecule has 60 valence electrons. The molecule has 1 heteroatoms. The smallest absolute Gasteiger partial charge is 0.00757 e. The Bertz CT molecular complexity index is 209. The van der Waals surface area contributed by atoms with E-state index in [-0.39, 0.29) is 0 Å². The van der Waals surface area contributed by atoms with E-state index in [9.17, 15) is 0 Å². The first-order valence-electron chi connectivity index (χ1n) is 4.78. The van der Waals surface area contributed by atoms with Crippen LogP contribution >= 0.6 is 0 Å². The Labute approximate surface area is 67.7 Å². The normalized spacial score (nSPS) is 58.8. The Morgan fingerprint density at radius 3 is 3.00 bits per heavy atom. The zero-order valence-electron chi connectivity index (χ0n) is 6.74. The number of rotatable bonds is 0. The van der Waals surface area contributed by atoms with Crippen LogP contribution in [0.4, 0.5) is 0 Å². The fourth-order valence-electron chi connectivity index (χ4n) is 3.60. The molecule has 0 saturated heterocycles. The van der Waals surface area contributed by atoms with Crippen molar-refractivity contribution in [3.63, 3.8) is 0 Å². The Balaban J connectivity index is 1.94. The van der Waals surface area contributed by atoms with Gasteiger partial charge in [0.25, 0.3) is 0 Å². The molecule has 1 nitrogen and oxygen atoms in total. The molecule has 3 rings (SSSR count). The number of allylic oxidation sites excluding steroid dienone is 2. The maximum Gasteiger partial charge on any atom is 0.00757 e. The molecule has 11 heavy (non-hydrogen) atoms. The van der Waals surface area contributed by atoms with Gasteiger partial charge in [0.1, 0.15) is 0 Å². The Hall–Kier alpha value is -0.300. The van der Waals surface area contributed by atoms with Crippen molar-refractivity contribution in [2.45, 2.75) is 25.3 Å². The zero-order valence-corrected chi connectivity index (χ0v) is 6.74. The lowest BCUT2D eigenvalue weighted by atomic mass is 9.79. The van der Waals surface area contributed by atoms with E-state index in [1.54, 1.807) is 0 Å². The molecular weight excluding hydrogens is 134 g/mol. The summed E-state index contributed by atoms with van der Waals surface area (Å²) in [5, 5.41) is 0. The second-order valence-corrected chi connectivity index (χ2v) is 4.46. The topological polar surface area (TPSA) is 26.0 Å². The number of hydrogen-bond acceptors (Lipinski definition) is 1. The van der Waals surface area contributed by atoms with Gasteiger partial charge in [-0.1, -0.05) is 12.2 Å². The Morgan fingerprint density at radius 1 is 1.18 bits per heavy atom. The molecule has 0 aromatic heterocycles. The minimum atomic E-state index is 0.531. The molecule has 0 heterocycles. The third-order valence-corrected chi connectivity index (χ3v) is 4.06. The highest BCUT2D eigenvalue weighted by atomic mass is 14.7. The molecule has 5 unspecified atom stereocenters. The van der Waals surface area contributed by atoms with E-state index in [0.717, 1.165) is 23.7 Å². The monoisotopic (exact) mass is 149 g/mol. The van der Waals surface area contributed by atoms with Gasteiger partial charge in [0.05, 0.1) is 0 Å². The van der Waals surface area contributed by atoms with Crippen LogP contribution in [-0.4, -0.2) is 6.04 Å². The van der Waals surface area contributed by atoms with E-state index < -0.39 is 0 Å². The van der Waals surface area contributed by atoms with Crippen LogP contribution in [0.25, 0.3) is 0 Å². The molecule has 0 aromatic carbocycles. The fraction of sp³-hybridized carbons (Fsp3) is 0.800. The van der Waals surface area contributed by atoms with Crippen molar-refractivity contribution in [3.8, 4) is 0 Å². The fourth-order valence-corrected chi connectivity index (χ4v) is 3.60. The summed E-state index contributed by atoms with van der Waals surface area (Å²) in [7, 11) is 0. The molecule has 2 bridgehead atoms. The predicted octanol–water partition coefficient (Wildman–Crippen LogP) is 1.55. The summed E-state index contributed by atoms with van der Waals surface area (Å²) in [6, 6.07) is 0.531. The van der Waals surface area contributed by atoms with Crippen molar-refractivity contribution < 1.29 is 0 Å². The highest BCUT2D eigenvalue weighted by Gasteiger charge is 2.50. The van der Waals surface area contributed by atoms with Gasteiger partial charge in [0, 0.05) is 6.04 Å². The first-order chi connectivity index (χ1) is 5.36. The van der Waals surface area contributed by atoms with Gasteiger partial charge < -0.3 is 5.73 Å². The third-order valence-electron chi connectivity index (χ3n) is 4.06. The molecule has 2 fully saturated rings. The molecule has 0 aromatic rings. The van der Waals surface area contributed by atoms with Crippen LogP contribution in [0.3, 0.4) is 0 Å². The van der Waals surface area contributed by atoms with Crippen LogP contribution in [0.5, 0.6) is 0 Å². The average molecular weight is 149 g/mol. The largest absolute Gasteiger partial charge is 0.327 e. The summed E-state index contributed by atoms with van der Waals surface area (Å²) in [5.74, 6) is 3.71. The molecular formula is C10H15N. The molecule has 5 atom stereocenters. The highest BCUT2D eigenvalue weighted by molar-refractivity contribution is 5.14. The molecule has 0 aliphatic heterocycles. The summed E-state index contributed by atoms with van der Waals surface area (Å²) in [5.41, 5.74) is 6.04. The lowest BCUT2D eigenvalue weighted by molar-refractivity contribution is 0.258. The van der Waals surface area contributed by atoms with E-state index in [4.69, 9.17) is 5.73 Å². The molecule has 0 spiro atoms. The van der Waals surface area contributed by atoms with Crippen molar-refractivity contribution >= 4 is 0 Å². The number of fused-ring (bicyclic) bond motifs is 5. The predicted molar refractivity (Wildman–Crippen MR) is 44.9 cm³/mol. The molecule has 2 saturated carbocycles. The van der Waals surface area contributed by atoms with Crippen molar-refractivity contribution in [1.29, 1.82) is 0 Å². The maximum atomic E-state index is 6.04. The van der Waals surface area contributed by atoms with Gasteiger partial charge in [0.15, 0.2) is 0 Å². The Kier molecular flexibility index (Phi) is 1.07. The van der Waals surface area contributed by atoms with Crippen LogP contribution in [-0.2, 0) is 0 Å². The van der Waals surface area contributed by atoms with Crippen LogP contribution < -0.4 is 5.73 Å². The van der Waals surface area contributed by atoms with Gasteiger partial charge in [-0.05, 0) is 42.9 Å². The molecule has 3 aliphatic carbocycles. The molecule has 3 aliphatic rings. The second-order valence-electron chi connectivity index (χ2n) is 4.46. The first kappa shape index (κ1) is 6.24. The van der Waals surface area contributed by atoms with Crippen LogP contribution in [0.1, 0.15) is 19.3 Å². The Morgan fingerprint density at radius 2 is 2.09 bits per heavy atom. The highest BCUT2D eigenvalue weighted by Crippen LogP contribution is 2.55. The molecule has 2 N–H and O–H groups in total. The molecule has 0 radical (unpaired) electrons. The average Bonchev–Trinajstić information content (AvgIpc) is 2.52. The summed E-state index contributed by atoms with van der Waals surface area (Å²) in [6.07, 6.45) is 8.88. The molecule has 0 amide bonds. The second kappa shape index (κ2) is 1.89. The summed E-state index contributed by atoms with van der Waals surface area (Å²) in [6.45, 7) is 0. The van der Waals surface area contributed by atoms with Crippen LogP contribution in [0, 0.1) is 23.7 Å². The van der Waals surface area contributed by atoms with E-state index in [1.165, 1.54) is 19.3 Å². The maximum absolute atomic E-state index is 6.04. The number of nitrogens with two attached hydrogens (primary N) is 1. The number of hydrogen-bond donors (Lipinski definition) is 1. The van der Waals surface area contributed by atoms with Gasteiger partial charge in [-0.25, -0.2) is 0 Å². The van der Waals surface area contributed by atoms with Gasteiger partial charge in [-0.15, -0.1) is 0 Å². The zero-order chi connectivity index (χ0) is 7.42. The summed E-state index contributed by atoms with van der Waals surface area (Å²) in [4.78, 5) is 0. The quantitative estimate of drug-likeness (QED) is 0.519. The van der Waals surface area contributed by atoms with Crippen LogP contribution in [0.15, 0.2) is 12.2 Å². The van der Waals surface area contributed by atoms with Gasteiger partial charge in [-0.2, -0.15) is 0 Å². The van der Waals surface area contributed by atoms with E-state index in [2.05, 4.69) is 12.2 Å². The SMILES string of the molecule is NC1CC2CC1C1C=CCC21. The van der Waals surface area contributed by atoms with E-state index in [1.807, 2.05) is 0 Å². The van der Waals surface area contributed by atoms with Crippen molar-refractivity contribution in [2.75, 3.05) is 0 Å². The summed E-state index contributed by atoms with van der Waals surface area (Å²) >= 11 is 0. The van der Waals surface area contributed by atoms with Gasteiger partial charge >= 0.3 is 0 Å². The lowest BCUT2D eigenvalue weighted by Gasteiger charge is -2.28. The van der Waals surface area contributed by atoms with Gasteiger partial charge in [0.2, 0.25) is 0 Å². The van der Waals surface area contributed by atoms with Gasteiger partial charge in [-0.3, -0.25) is 0 Å². The first-order valence-corrected chi connectivity index (χ1v) is 4.78. The van der Waals surface area contributed by atoms with Crippen molar-refractivity contribution in [3.05, 3.63) is 12.2 Å². The van der Waals surface area contributed by atoms with E-state index in [0.29, 0.717) is 6.04 Å². The van der Waals surface area contributed by atoms with E-state index >= 15 is 0 Å².